The lowest BCUT2D eigenvalue weighted by Crippen LogP contribution is -2.51. The lowest BCUT2D eigenvalue weighted by atomic mass is 10.1. The minimum Gasteiger partial charge on any atom is -0.335 e. The Kier molecular flexibility index (Phi) is 5.56. The van der Waals surface area contributed by atoms with Gasteiger partial charge in [-0.3, -0.25) is 4.79 Å². The number of carbonyl (C=O) groups excluding carboxylic acids is 2. The predicted octanol–water partition coefficient (Wildman–Crippen LogP) is 3.89. The van der Waals surface area contributed by atoms with E-state index >= 15 is 0 Å². The third-order valence-corrected chi connectivity index (χ3v) is 4.78. The Labute approximate surface area is 159 Å². The number of amides is 3. The monoisotopic (exact) mass is 419 g/mol. The summed E-state index contributed by atoms with van der Waals surface area (Å²) in [5, 5.41) is 2.86. The zero-order chi connectivity index (χ0) is 18.7. The largest absolute Gasteiger partial charge is 0.335 e. The van der Waals surface area contributed by atoms with Gasteiger partial charge in [-0.05, 0) is 42.8 Å². The predicted molar refractivity (Wildman–Crippen MR) is 102 cm³/mol. The van der Waals surface area contributed by atoms with E-state index in [1.807, 2.05) is 31.2 Å². The highest BCUT2D eigenvalue weighted by Crippen LogP contribution is 2.18. The fourth-order valence-electron chi connectivity index (χ4n) is 2.87. The van der Waals surface area contributed by atoms with E-state index in [2.05, 4.69) is 21.2 Å². The Morgan fingerprint density at radius 3 is 2.42 bits per heavy atom. The molecule has 136 valence electrons. The molecule has 0 aliphatic carbocycles. The molecule has 0 spiro atoms. The highest BCUT2D eigenvalue weighted by Gasteiger charge is 2.26. The van der Waals surface area contributed by atoms with E-state index in [0.717, 1.165) is 11.3 Å². The average Bonchev–Trinajstić information content (AvgIpc) is 2.63. The molecule has 5 nitrogen and oxygen atoms in total. The molecule has 1 saturated heterocycles. The zero-order valence-electron chi connectivity index (χ0n) is 14.3. The van der Waals surface area contributed by atoms with Crippen LogP contribution in [0.3, 0.4) is 0 Å². The van der Waals surface area contributed by atoms with Crippen molar-refractivity contribution >= 4 is 33.6 Å². The van der Waals surface area contributed by atoms with Gasteiger partial charge in [-0.15, -0.1) is 0 Å². The highest BCUT2D eigenvalue weighted by molar-refractivity contribution is 9.10. The summed E-state index contributed by atoms with van der Waals surface area (Å²) in [6.45, 7) is 3.50. The Balaban J connectivity index is 1.59. The van der Waals surface area contributed by atoms with Crippen LogP contribution in [0.15, 0.2) is 46.9 Å². The van der Waals surface area contributed by atoms with Crippen molar-refractivity contribution in [2.75, 3.05) is 31.5 Å². The minimum atomic E-state index is -0.544. The number of piperazine rings is 1. The van der Waals surface area contributed by atoms with Crippen LogP contribution in [0, 0.1) is 12.7 Å². The summed E-state index contributed by atoms with van der Waals surface area (Å²) < 4.78 is 14.6. The second-order valence-electron chi connectivity index (χ2n) is 6.20. The third kappa shape index (κ3) is 4.22. The first-order valence-electron chi connectivity index (χ1n) is 8.31. The number of benzene rings is 2. The topological polar surface area (TPSA) is 52.7 Å². The lowest BCUT2D eigenvalue weighted by Gasteiger charge is -2.34. The molecule has 1 heterocycles. The Hall–Kier alpha value is -2.41. The average molecular weight is 420 g/mol. The van der Waals surface area contributed by atoms with E-state index in [4.69, 9.17) is 0 Å². The number of hydrogen-bond donors (Lipinski definition) is 1. The lowest BCUT2D eigenvalue weighted by molar-refractivity contribution is 0.0667. The Bertz CT molecular complexity index is 835. The van der Waals surface area contributed by atoms with Crippen molar-refractivity contribution in [1.82, 2.24) is 9.80 Å². The number of nitrogens with one attached hydrogen (secondary N) is 1. The van der Waals surface area contributed by atoms with Crippen LogP contribution in [0.1, 0.15) is 15.9 Å². The van der Waals surface area contributed by atoms with Crippen LogP contribution in [-0.4, -0.2) is 47.9 Å². The summed E-state index contributed by atoms with van der Waals surface area (Å²) in [6, 6.07) is 11.7. The molecule has 3 amide bonds. The summed E-state index contributed by atoms with van der Waals surface area (Å²) in [5.41, 5.74) is 1.84. The van der Waals surface area contributed by atoms with Gasteiger partial charge in [-0.25, -0.2) is 9.18 Å². The van der Waals surface area contributed by atoms with Crippen LogP contribution in [0.5, 0.6) is 0 Å². The Morgan fingerprint density at radius 1 is 1.04 bits per heavy atom. The van der Waals surface area contributed by atoms with Gasteiger partial charge in [-0.1, -0.05) is 28.1 Å². The molecule has 1 N–H and O–H groups in total. The van der Waals surface area contributed by atoms with E-state index in [1.165, 1.54) is 12.1 Å². The van der Waals surface area contributed by atoms with Crippen molar-refractivity contribution in [3.63, 3.8) is 0 Å². The van der Waals surface area contributed by atoms with Crippen molar-refractivity contribution in [3.8, 4) is 0 Å². The first-order valence-corrected chi connectivity index (χ1v) is 9.10. The number of halogens is 2. The van der Waals surface area contributed by atoms with Gasteiger partial charge in [0, 0.05) is 36.3 Å². The number of rotatable bonds is 2. The van der Waals surface area contributed by atoms with E-state index in [1.54, 1.807) is 15.9 Å². The van der Waals surface area contributed by atoms with E-state index in [0.29, 0.717) is 30.7 Å². The number of anilines is 1. The quantitative estimate of drug-likeness (QED) is 0.802. The molecule has 26 heavy (non-hydrogen) atoms. The third-order valence-electron chi connectivity index (χ3n) is 4.28. The van der Waals surface area contributed by atoms with Gasteiger partial charge in [0.25, 0.3) is 5.91 Å². The maximum Gasteiger partial charge on any atom is 0.321 e. The highest BCUT2D eigenvalue weighted by atomic mass is 79.9. The molecule has 0 atom stereocenters. The first kappa shape index (κ1) is 18.4. The van der Waals surface area contributed by atoms with Gasteiger partial charge in [0.1, 0.15) is 5.82 Å². The summed E-state index contributed by atoms with van der Waals surface area (Å²) in [4.78, 5) is 28.1. The number of aryl methyl sites for hydroxylation is 1. The molecule has 2 aromatic rings. The van der Waals surface area contributed by atoms with Gasteiger partial charge in [0.05, 0.1) is 5.56 Å². The molecule has 2 aromatic carbocycles. The fourth-order valence-corrected chi connectivity index (χ4v) is 3.23. The van der Waals surface area contributed by atoms with Crippen molar-refractivity contribution in [2.24, 2.45) is 0 Å². The molecular weight excluding hydrogens is 401 g/mol. The molecule has 0 bridgehead atoms. The molecule has 1 aliphatic heterocycles. The fraction of sp³-hybridized carbons (Fsp3) is 0.263. The van der Waals surface area contributed by atoms with Crippen molar-refractivity contribution in [2.45, 2.75) is 6.92 Å². The smallest absolute Gasteiger partial charge is 0.321 e. The molecule has 7 heteroatoms. The second-order valence-corrected chi connectivity index (χ2v) is 7.12. The van der Waals surface area contributed by atoms with E-state index in [9.17, 15) is 14.0 Å². The van der Waals surface area contributed by atoms with Gasteiger partial charge in [0.2, 0.25) is 0 Å². The van der Waals surface area contributed by atoms with E-state index in [-0.39, 0.29) is 17.5 Å². The van der Waals surface area contributed by atoms with Crippen LogP contribution in [0.4, 0.5) is 14.9 Å². The molecule has 3 rings (SSSR count). The van der Waals surface area contributed by atoms with Crippen molar-refractivity contribution < 1.29 is 14.0 Å². The van der Waals surface area contributed by atoms with Gasteiger partial charge < -0.3 is 15.1 Å². The number of nitrogens with zero attached hydrogens (tertiary/aromatic N) is 2. The molecule has 0 unspecified atom stereocenters. The molecule has 1 aliphatic rings. The summed E-state index contributed by atoms with van der Waals surface area (Å²) in [7, 11) is 0. The second kappa shape index (κ2) is 7.86. The van der Waals surface area contributed by atoms with Crippen molar-refractivity contribution in [1.29, 1.82) is 0 Å². The number of carbonyl (C=O) groups is 2. The Morgan fingerprint density at radius 2 is 1.73 bits per heavy atom. The SMILES string of the molecule is Cc1cccc(NC(=O)N2CCN(C(=O)c3cc(Br)ccc3F)CC2)c1. The normalized spacial score (nSPS) is 14.3. The van der Waals surface area contributed by atoms with Crippen LogP contribution < -0.4 is 5.32 Å². The molecule has 0 saturated carbocycles. The van der Waals surface area contributed by atoms with E-state index < -0.39 is 5.82 Å². The summed E-state index contributed by atoms with van der Waals surface area (Å²) in [6.07, 6.45) is 0. The molecule has 1 fully saturated rings. The first-order chi connectivity index (χ1) is 12.4. The van der Waals surface area contributed by atoms with Gasteiger partial charge in [-0.2, -0.15) is 0 Å². The molecule has 0 aromatic heterocycles. The van der Waals surface area contributed by atoms with Crippen molar-refractivity contribution in [3.05, 3.63) is 63.9 Å². The van der Waals surface area contributed by atoms with Crippen LogP contribution in [-0.2, 0) is 0 Å². The summed E-state index contributed by atoms with van der Waals surface area (Å²) >= 11 is 3.26. The number of urea groups is 1. The maximum atomic E-state index is 13.9. The van der Waals surface area contributed by atoms with Gasteiger partial charge in [0.15, 0.2) is 0 Å². The standard InChI is InChI=1S/C19H19BrFN3O2/c1-13-3-2-4-15(11-13)22-19(26)24-9-7-23(8-10-24)18(25)16-12-14(20)5-6-17(16)21/h2-6,11-12H,7-10H2,1H3,(H,22,26). The number of hydrogen-bond acceptors (Lipinski definition) is 2. The zero-order valence-corrected chi connectivity index (χ0v) is 15.9. The molecule has 0 radical (unpaired) electrons. The summed E-state index contributed by atoms with van der Waals surface area (Å²) in [5.74, 6) is -0.902. The molecular formula is C19H19BrFN3O2. The van der Waals surface area contributed by atoms with Gasteiger partial charge >= 0.3 is 6.03 Å². The minimum absolute atomic E-state index is 0.0389. The van der Waals surface area contributed by atoms with Crippen LogP contribution in [0.2, 0.25) is 0 Å². The maximum absolute atomic E-state index is 13.9. The van der Waals surface area contributed by atoms with Crippen LogP contribution in [0.25, 0.3) is 0 Å². The van der Waals surface area contributed by atoms with Crippen LogP contribution >= 0.6 is 15.9 Å².